The first kappa shape index (κ1) is 17.7. The zero-order valence-corrected chi connectivity index (χ0v) is 15.6. The molecule has 3 saturated heterocycles. The first-order valence-corrected chi connectivity index (χ1v) is 9.79. The van der Waals surface area contributed by atoms with Crippen LogP contribution < -0.4 is 0 Å². The first-order valence-electron chi connectivity index (χ1n) is 9.79. The molecule has 0 radical (unpaired) electrons. The second-order valence-electron chi connectivity index (χ2n) is 8.16. The van der Waals surface area contributed by atoms with Crippen molar-refractivity contribution in [2.45, 2.75) is 58.9 Å². The highest BCUT2D eigenvalue weighted by Gasteiger charge is 2.49. The van der Waals surface area contributed by atoms with Gasteiger partial charge < -0.3 is 14.7 Å². The lowest BCUT2D eigenvalue weighted by Gasteiger charge is -2.40. The molecule has 5 nitrogen and oxygen atoms in total. The van der Waals surface area contributed by atoms with Crippen LogP contribution in [-0.4, -0.2) is 71.8 Å². The molecule has 0 aliphatic carbocycles. The van der Waals surface area contributed by atoms with E-state index >= 15 is 0 Å². The summed E-state index contributed by atoms with van der Waals surface area (Å²) in [6.07, 6.45) is 4.67. The Labute approximate surface area is 146 Å². The van der Waals surface area contributed by atoms with Gasteiger partial charge in [0, 0.05) is 31.6 Å². The second kappa shape index (κ2) is 7.03. The molecular formula is C19H33N3O2. The highest BCUT2D eigenvalue weighted by molar-refractivity contribution is 5.86. The molecule has 0 atom stereocenters. The van der Waals surface area contributed by atoms with E-state index in [1.165, 1.54) is 0 Å². The predicted molar refractivity (Wildman–Crippen MR) is 94.6 cm³/mol. The Bertz CT molecular complexity index is 475. The third-order valence-electron chi connectivity index (χ3n) is 6.59. The highest BCUT2D eigenvalue weighted by Crippen LogP contribution is 2.42. The monoisotopic (exact) mass is 335 g/mol. The van der Waals surface area contributed by atoms with Crippen LogP contribution in [0.25, 0.3) is 0 Å². The van der Waals surface area contributed by atoms with E-state index in [-0.39, 0.29) is 11.3 Å². The summed E-state index contributed by atoms with van der Waals surface area (Å²) in [5.74, 6) is 0.876. The minimum Gasteiger partial charge on any atom is -0.342 e. The van der Waals surface area contributed by atoms with Crippen LogP contribution in [-0.2, 0) is 9.59 Å². The molecule has 3 heterocycles. The van der Waals surface area contributed by atoms with E-state index < -0.39 is 0 Å². The van der Waals surface area contributed by atoms with Gasteiger partial charge in [-0.25, -0.2) is 0 Å². The maximum atomic E-state index is 12.8. The van der Waals surface area contributed by atoms with Gasteiger partial charge in [-0.2, -0.15) is 0 Å². The largest absolute Gasteiger partial charge is 0.342 e. The number of hydrogen-bond acceptors (Lipinski definition) is 3. The van der Waals surface area contributed by atoms with Crippen LogP contribution in [0, 0.1) is 11.3 Å². The number of carbonyl (C=O) groups excluding carboxylic acids is 2. The van der Waals surface area contributed by atoms with E-state index in [9.17, 15) is 9.59 Å². The number of amides is 2. The number of nitrogens with zero attached hydrogens (tertiary/aromatic N) is 3. The van der Waals surface area contributed by atoms with Crippen LogP contribution in [0.2, 0.25) is 0 Å². The number of hydrogen-bond donors (Lipinski definition) is 0. The fourth-order valence-electron chi connectivity index (χ4n) is 4.71. The molecule has 136 valence electrons. The standard InChI is InChI=1S/C19H33N3O2/c1-4-20-10-5-16(6-11-20)17(23)21-12-7-19(8-13-21)9-14-22(15(2)3)18(19)24/h15-16H,4-14H2,1-3H3. The van der Waals surface area contributed by atoms with E-state index in [1.807, 2.05) is 9.80 Å². The molecule has 24 heavy (non-hydrogen) atoms. The number of piperidine rings is 2. The van der Waals surface area contributed by atoms with Gasteiger partial charge in [0.25, 0.3) is 0 Å². The van der Waals surface area contributed by atoms with Gasteiger partial charge >= 0.3 is 0 Å². The maximum Gasteiger partial charge on any atom is 0.229 e. The summed E-state index contributed by atoms with van der Waals surface area (Å²) in [5.41, 5.74) is -0.174. The molecule has 3 aliphatic heterocycles. The van der Waals surface area contributed by atoms with Crippen LogP contribution in [0.4, 0.5) is 0 Å². The Morgan fingerprint density at radius 2 is 1.67 bits per heavy atom. The molecule has 0 aromatic heterocycles. The zero-order chi connectivity index (χ0) is 17.3. The first-order chi connectivity index (χ1) is 11.5. The molecular weight excluding hydrogens is 302 g/mol. The van der Waals surface area contributed by atoms with Crippen molar-refractivity contribution in [3.8, 4) is 0 Å². The van der Waals surface area contributed by atoms with Crippen molar-refractivity contribution in [2.24, 2.45) is 11.3 Å². The van der Waals surface area contributed by atoms with Crippen molar-refractivity contribution in [1.82, 2.24) is 14.7 Å². The summed E-state index contributed by atoms with van der Waals surface area (Å²) in [6, 6.07) is 0.292. The van der Waals surface area contributed by atoms with Crippen LogP contribution in [0.3, 0.4) is 0 Å². The van der Waals surface area contributed by atoms with E-state index in [0.29, 0.717) is 17.9 Å². The lowest BCUT2D eigenvalue weighted by atomic mass is 9.76. The molecule has 0 N–H and O–H groups in total. The van der Waals surface area contributed by atoms with Gasteiger partial charge in [0.1, 0.15) is 0 Å². The lowest BCUT2D eigenvalue weighted by molar-refractivity contribution is -0.146. The number of carbonyl (C=O) groups is 2. The topological polar surface area (TPSA) is 43.9 Å². The van der Waals surface area contributed by atoms with Gasteiger partial charge in [-0.15, -0.1) is 0 Å². The van der Waals surface area contributed by atoms with Gasteiger partial charge in [0.15, 0.2) is 0 Å². The molecule has 3 rings (SSSR count). The Morgan fingerprint density at radius 1 is 1.08 bits per heavy atom. The predicted octanol–water partition coefficient (Wildman–Crippen LogP) is 1.97. The molecule has 3 aliphatic rings. The summed E-state index contributed by atoms with van der Waals surface area (Å²) >= 11 is 0. The van der Waals surface area contributed by atoms with Crippen molar-refractivity contribution in [2.75, 3.05) is 39.3 Å². The zero-order valence-electron chi connectivity index (χ0n) is 15.6. The summed E-state index contributed by atoms with van der Waals surface area (Å²) in [7, 11) is 0. The van der Waals surface area contributed by atoms with Crippen molar-refractivity contribution in [1.29, 1.82) is 0 Å². The van der Waals surface area contributed by atoms with Gasteiger partial charge in [-0.3, -0.25) is 9.59 Å². The molecule has 3 fully saturated rings. The number of likely N-dealkylation sites (tertiary alicyclic amines) is 3. The lowest BCUT2D eigenvalue weighted by Crippen LogP contribution is -2.50. The van der Waals surface area contributed by atoms with E-state index in [4.69, 9.17) is 0 Å². The third kappa shape index (κ3) is 3.19. The van der Waals surface area contributed by atoms with Crippen LogP contribution in [0.15, 0.2) is 0 Å². The minimum absolute atomic E-state index is 0.174. The molecule has 0 saturated carbocycles. The van der Waals surface area contributed by atoms with E-state index in [0.717, 1.165) is 71.4 Å². The van der Waals surface area contributed by atoms with Gasteiger partial charge in [-0.05, 0) is 65.6 Å². The summed E-state index contributed by atoms with van der Waals surface area (Å²) in [5, 5.41) is 0. The van der Waals surface area contributed by atoms with Crippen molar-refractivity contribution in [3.05, 3.63) is 0 Å². The molecule has 1 spiro atoms. The van der Waals surface area contributed by atoms with Gasteiger partial charge in [0.2, 0.25) is 11.8 Å². The van der Waals surface area contributed by atoms with Gasteiger partial charge in [0.05, 0.1) is 5.41 Å². The highest BCUT2D eigenvalue weighted by atomic mass is 16.2. The average Bonchev–Trinajstić information content (AvgIpc) is 2.92. The van der Waals surface area contributed by atoms with Crippen LogP contribution in [0.1, 0.15) is 52.9 Å². The second-order valence-corrected chi connectivity index (χ2v) is 8.16. The van der Waals surface area contributed by atoms with Crippen molar-refractivity contribution >= 4 is 11.8 Å². The quantitative estimate of drug-likeness (QED) is 0.792. The number of rotatable bonds is 3. The molecule has 0 aromatic rings. The summed E-state index contributed by atoms with van der Waals surface area (Å²) in [4.78, 5) is 32.1. The van der Waals surface area contributed by atoms with Crippen LogP contribution in [0.5, 0.6) is 0 Å². The average molecular weight is 335 g/mol. The van der Waals surface area contributed by atoms with Crippen LogP contribution >= 0.6 is 0 Å². The molecule has 5 heteroatoms. The molecule has 0 unspecified atom stereocenters. The Balaban J connectivity index is 1.54. The third-order valence-corrected chi connectivity index (χ3v) is 6.59. The maximum absolute atomic E-state index is 12.8. The Kier molecular flexibility index (Phi) is 5.19. The molecule has 0 bridgehead atoms. The SMILES string of the molecule is CCN1CCC(C(=O)N2CCC3(CC2)CCN(C(C)C)C3=O)CC1. The van der Waals surface area contributed by atoms with E-state index in [2.05, 4.69) is 25.7 Å². The van der Waals surface area contributed by atoms with Crippen molar-refractivity contribution < 1.29 is 9.59 Å². The van der Waals surface area contributed by atoms with Crippen molar-refractivity contribution in [3.63, 3.8) is 0 Å². The minimum atomic E-state index is -0.174. The molecule has 2 amide bonds. The fraction of sp³-hybridized carbons (Fsp3) is 0.895. The Morgan fingerprint density at radius 3 is 2.17 bits per heavy atom. The van der Waals surface area contributed by atoms with Gasteiger partial charge in [-0.1, -0.05) is 6.92 Å². The fourth-order valence-corrected chi connectivity index (χ4v) is 4.71. The summed E-state index contributed by atoms with van der Waals surface area (Å²) in [6.45, 7) is 12.0. The van der Waals surface area contributed by atoms with E-state index in [1.54, 1.807) is 0 Å². The smallest absolute Gasteiger partial charge is 0.229 e. The summed E-state index contributed by atoms with van der Waals surface area (Å²) < 4.78 is 0. The Hall–Kier alpha value is -1.10. The normalized spacial score (nSPS) is 25.9. The molecule has 0 aromatic carbocycles.